The number of nitrogens with zero attached hydrogens (tertiary/aromatic N) is 5. The number of H-pyrrole nitrogens is 1. The van der Waals surface area contributed by atoms with E-state index in [0.717, 1.165) is 16.7 Å². The van der Waals surface area contributed by atoms with Gasteiger partial charge in [0.25, 0.3) is 0 Å². The molecule has 4 rings (SSSR count). The van der Waals surface area contributed by atoms with Crippen molar-refractivity contribution in [1.29, 1.82) is 5.41 Å². The molecule has 2 aromatic heterocycles. The van der Waals surface area contributed by atoms with Gasteiger partial charge < -0.3 is 10.7 Å². The van der Waals surface area contributed by atoms with Crippen LogP contribution in [0, 0.1) is 19.3 Å². The molecule has 0 saturated heterocycles. The molecular formula is C31H30N8. The van der Waals surface area contributed by atoms with Crippen LogP contribution in [0.25, 0.3) is 52.3 Å². The first-order valence-electron chi connectivity index (χ1n) is 12.3. The number of nitrogens with one attached hydrogen (secondary N) is 2. The van der Waals surface area contributed by atoms with Crippen LogP contribution in [-0.2, 0) is 0 Å². The summed E-state index contributed by atoms with van der Waals surface area (Å²) in [4.78, 5) is 26.4. The second kappa shape index (κ2) is 11.9. The van der Waals surface area contributed by atoms with Gasteiger partial charge in [-0.25, -0.2) is 24.9 Å². The average molecular weight is 515 g/mol. The fourth-order valence-electron chi connectivity index (χ4n) is 3.93. The van der Waals surface area contributed by atoms with E-state index < -0.39 is 0 Å². The molecule has 3 aromatic rings. The molecule has 8 heteroatoms. The number of allylic oxidation sites excluding steroid dienone is 3. The molecule has 8 nitrogen and oxygen atoms in total. The van der Waals surface area contributed by atoms with Gasteiger partial charge in [-0.3, -0.25) is 5.41 Å². The van der Waals surface area contributed by atoms with E-state index in [4.69, 9.17) is 26.1 Å². The highest BCUT2D eigenvalue weighted by molar-refractivity contribution is 5.82. The fraction of sp³-hybridized carbons (Fsp3) is 0.0968. The van der Waals surface area contributed by atoms with Gasteiger partial charge in [-0.1, -0.05) is 73.9 Å². The number of benzene rings is 1. The van der Waals surface area contributed by atoms with Crippen LogP contribution in [0.4, 0.5) is 5.82 Å². The summed E-state index contributed by atoms with van der Waals surface area (Å²) in [6.07, 6.45) is 14.0. The van der Waals surface area contributed by atoms with Crippen molar-refractivity contribution in [2.45, 2.75) is 20.8 Å². The highest BCUT2D eigenvalue weighted by atomic mass is 15.0. The van der Waals surface area contributed by atoms with E-state index in [1.54, 1.807) is 30.6 Å². The van der Waals surface area contributed by atoms with Crippen LogP contribution in [0.15, 0.2) is 74.1 Å². The highest BCUT2D eigenvalue weighted by Gasteiger charge is 2.18. The van der Waals surface area contributed by atoms with E-state index >= 15 is 0 Å². The lowest BCUT2D eigenvalue weighted by Gasteiger charge is -2.01. The van der Waals surface area contributed by atoms with Crippen LogP contribution in [0.5, 0.6) is 0 Å². The summed E-state index contributed by atoms with van der Waals surface area (Å²) >= 11 is 0. The minimum Gasteiger partial charge on any atom is -0.383 e. The molecule has 1 aliphatic rings. The largest absolute Gasteiger partial charge is 0.383 e. The molecule has 4 N–H and O–H groups in total. The second-order valence-electron chi connectivity index (χ2n) is 8.71. The fourth-order valence-corrected chi connectivity index (χ4v) is 3.93. The van der Waals surface area contributed by atoms with Crippen LogP contribution in [0.1, 0.15) is 34.7 Å². The number of hydrogen-bond acceptors (Lipinski definition) is 7. The monoisotopic (exact) mass is 514 g/mol. The molecule has 0 atom stereocenters. The Morgan fingerprint density at radius 3 is 2.33 bits per heavy atom. The summed E-state index contributed by atoms with van der Waals surface area (Å²) in [5.74, 6) is 1.22. The first kappa shape index (κ1) is 26.8. The lowest BCUT2D eigenvalue weighted by Crippen LogP contribution is -2.08. The Hall–Kier alpha value is -5.24. The molecule has 0 saturated carbocycles. The molecule has 39 heavy (non-hydrogen) atoms. The number of aromatic amines is 1. The van der Waals surface area contributed by atoms with Crippen LogP contribution in [0.2, 0.25) is 0 Å². The molecular weight excluding hydrogens is 484 g/mol. The predicted molar refractivity (Wildman–Crippen MR) is 160 cm³/mol. The Bertz CT molecular complexity index is 1760. The second-order valence-corrected chi connectivity index (χ2v) is 8.71. The number of hydrogen-bond donors (Lipinski definition) is 3. The van der Waals surface area contributed by atoms with Gasteiger partial charge in [-0.2, -0.15) is 0 Å². The van der Waals surface area contributed by atoms with Crippen LogP contribution >= 0.6 is 0 Å². The van der Waals surface area contributed by atoms with Crippen molar-refractivity contribution in [2.24, 2.45) is 0 Å². The van der Waals surface area contributed by atoms with E-state index in [1.807, 2.05) is 69.3 Å². The average Bonchev–Trinajstić information content (AvgIpc) is 3.46. The molecule has 0 fully saturated rings. The van der Waals surface area contributed by atoms with Crippen molar-refractivity contribution in [3.8, 4) is 22.8 Å². The number of rotatable bonds is 4. The van der Waals surface area contributed by atoms with Crippen LogP contribution < -0.4 is 11.2 Å². The van der Waals surface area contributed by atoms with Gasteiger partial charge in [-0.05, 0) is 38.0 Å². The third kappa shape index (κ3) is 5.86. The molecule has 0 unspecified atom stereocenters. The molecule has 0 spiro atoms. The van der Waals surface area contributed by atoms with E-state index in [9.17, 15) is 0 Å². The van der Waals surface area contributed by atoms with Crippen molar-refractivity contribution < 1.29 is 0 Å². The lowest BCUT2D eigenvalue weighted by atomic mass is 10.1. The Kier molecular flexibility index (Phi) is 8.16. The van der Waals surface area contributed by atoms with Gasteiger partial charge in [0.15, 0.2) is 11.6 Å². The standard InChI is InChI=1S/C31H30N8/c1-6-9-13-22-18-35-30-24-14-10-11-15-25(24)31(39-30)38-28(33)23(12-7-2)21(8-3)17-34-26-16-19(4)29(36-26)37-27(32)20(22)5/h6-18H,1,3H2,2,4-5H3,(H2,32,34,36,37)(H2,33,35,38,39)/b12-7-,13-9-. The van der Waals surface area contributed by atoms with Gasteiger partial charge in [0.05, 0.1) is 0 Å². The summed E-state index contributed by atoms with van der Waals surface area (Å²) in [7, 11) is 0. The summed E-state index contributed by atoms with van der Waals surface area (Å²) in [5, 5.41) is 8.68. The molecule has 0 aliphatic carbocycles. The Morgan fingerprint density at radius 2 is 1.64 bits per heavy atom. The summed E-state index contributed by atoms with van der Waals surface area (Å²) in [6, 6.07) is 9.59. The van der Waals surface area contributed by atoms with E-state index in [-0.39, 0.29) is 11.3 Å². The Balaban J connectivity index is 2.21. The molecule has 4 bridgehead atoms. The third-order valence-corrected chi connectivity index (χ3v) is 6.05. The minimum atomic E-state index is 0.0900. The topological polar surface area (TPSA) is 130 Å². The summed E-state index contributed by atoms with van der Waals surface area (Å²) < 4.78 is 0. The molecule has 0 amide bonds. The van der Waals surface area contributed by atoms with Crippen LogP contribution in [0.3, 0.4) is 0 Å². The van der Waals surface area contributed by atoms with Gasteiger partial charge >= 0.3 is 0 Å². The normalized spacial score (nSPS) is 11.2. The van der Waals surface area contributed by atoms with Crippen molar-refractivity contribution in [1.82, 2.24) is 29.9 Å². The molecule has 194 valence electrons. The zero-order chi connectivity index (χ0) is 27.9. The third-order valence-electron chi connectivity index (χ3n) is 6.05. The maximum Gasteiger partial charge on any atom is 0.164 e. The Morgan fingerprint density at radius 1 is 0.923 bits per heavy atom. The molecule has 1 aliphatic heterocycles. The minimum absolute atomic E-state index is 0.0900. The molecule has 3 heterocycles. The number of aromatic nitrogens is 6. The van der Waals surface area contributed by atoms with Gasteiger partial charge in [-0.15, -0.1) is 0 Å². The summed E-state index contributed by atoms with van der Waals surface area (Å²) in [5.41, 5.74) is 12.9. The lowest BCUT2D eigenvalue weighted by molar-refractivity contribution is 1.07. The van der Waals surface area contributed by atoms with Crippen molar-refractivity contribution in [3.63, 3.8) is 0 Å². The smallest absolute Gasteiger partial charge is 0.164 e. The van der Waals surface area contributed by atoms with Gasteiger partial charge in [0.2, 0.25) is 0 Å². The van der Waals surface area contributed by atoms with Crippen LogP contribution in [-0.4, -0.2) is 29.9 Å². The zero-order valence-electron chi connectivity index (χ0n) is 22.2. The number of nitrogen functional groups attached to an aromatic ring is 1. The molecule has 1 aromatic carbocycles. The van der Waals surface area contributed by atoms with E-state index in [1.165, 1.54) is 0 Å². The molecule has 0 radical (unpaired) electrons. The van der Waals surface area contributed by atoms with E-state index in [0.29, 0.717) is 45.2 Å². The number of aryl methyl sites for hydroxylation is 1. The summed E-state index contributed by atoms with van der Waals surface area (Å²) in [6.45, 7) is 13.3. The number of nitrogens with two attached hydrogens (primary N) is 1. The van der Waals surface area contributed by atoms with E-state index in [2.05, 4.69) is 28.1 Å². The van der Waals surface area contributed by atoms with Crippen molar-refractivity contribution in [2.75, 3.05) is 5.73 Å². The SMILES string of the molecule is C=C/C=C\c1cnc2nc(nc(N)c(/C=C\C)c(C=C)cnc3cc(C)c(nc(=N)c1C)[nH]3)-c1ccccc1-2. The van der Waals surface area contributed by atoms with Gasteiger partial charge in [0, 0.05) is 40.2 Å². The quantitative estimate of drug-likeness (QED) is 0.280. The number of anilines is 1. The van der Waals surface area contributed by atoms with Crippen molar-refractivity contribution >= 4 is 35.3 Å². The number of fused-ring (bicyclic) bond motifs is 7. The first-order valence-corrected chi connectivity index (χ1v) is 12.3. The first-order chi connectivity index (χ1) is 18.9. The van der Waals surface area contributed by atoms with Crippen molar-refractivity contribution in [3.05, 3.63) is 107 Å². The predicted octanol–water partition coefficient (Wildman–Crippen LogP) is 6.16. The highest BCUT2D eigenvalue weighted by Crippen LogP contribution is 2.33. The maximum atomic E-state index is 8.68. The van der Waals surface area contributed by atoms with Gasteiger partial charge in [0.1, 0.15) is 22.6 Å². The Labute approximate surface area is 227 Å². The zero-order valence-corrected chi connectivity index (χ0v) is 22.2. The maximum absolute atomic E-state index is 8.68.